The molecule has 8 heteroatoms. The highest BCUT2D eigenvalue weighted by atomic mass is 127. The monoisotopic (exact) mass is 465 g/mol. The number of carbonyl (C=O) groups excluding carboxylic acids is 2. The zero-order valence-corrected chi connectivity index (χ0v) is 16.1. The third-order valence-electron chi connectivity index (χ3n) is 4.07. The first-order valence-corrected chi connectivity index (χ1v) is 9.10. The van der Waals surface area contributed by atoms with Crippen molar-refractivity contribution in [3.8, 4) is 0 Å². The van der Waals surface area contributed by atoms with Crippen LogP contribution in [0.1, 0.15) is 39.1 Å². The van der Waals surface area contributed by atoms with Crippen LogP contribution in [0.25, 0.3) is 0 Å². The summed E-state index contributed by atoms with van der Waals surface area (Å²) in [6.45, 7) is 1.82. The lowest BCUT2D eigenvalue weighted by atomic mass is 10.1. The van der Waals surface area contributed by atoms with Gasteiger partial charge >= 0.3 is 0 Å². The fourth-order valence-electron chi connectivity index (χ4n) is 2.38. The van der Waals surface area contributed by atoms with E-state index in [4.69, 9.17) is 0 Å². The van der Waals surface area contributed by atoms with Crippen LogP contribution in [0.15, 0.2) is 36.4 Å². The number of nitro benzene ring substituents is 1. The maximum Gasteiger partial charge on any atom is 0.270 e. The summed E-state index contributed by atoms with van der Waals surface area (Å²) in [5.74, 6) is -0.631. The Kier molecular flexibility index (Phi) is 5.21. The van der Waals surface area contributed by atoms with Crippen LogP contribution < -0.4 is 10.6 Å². The maximum absolute atomic E-state index is 12.6. The van der Waals surface area contributed by atoms with Crippen LogP contribution in [0, 0.1) is 20.6 Å². The molecule has 0 aromatic heterocycles. The van der Waals surface area contributed by atoms with Crippen molar-refractivity contribution >= 4 is 45.8 Å². The highest BCUT2D eigenvalue weighted by Gasteiger charge is 2.24. The second-order valence-electron chi connectivity index (χ2n) is 6.15. The number of amides is 2. The van der Waals surface area contributed by atoms with E-state index in [1.54, 1.807) is 18.2 Å². The van der Waals surface area contributed by atoms with Crippen LogP contribution in [0.5, 0.6) is 0 Å². The van der Waals surface area contributed by atoms with E-state index in [1.165, 1.54) is 18.2 Å². The molecule has 1 aliphatic carbocycles. The van der Waals surface area contributed by atoms with Gasteiger partial charge in [-0.05, 0) is 66.1 Å². The number of non-ortho nitro benzene ring substituents is 1. The van der Waals surface area contributed by atoms with Gasteiger partial charge in [-0.3, -0.25) is 19.7 Å². The first kappa shape index (κ1) is 18.3. The molecule has 0 bridgehead atoms. The van der Waals surface area contributed by atoms with E-state index < -0.39 is 10.8 Å². The van der Waals surface area contributed by atoms with E-state index in [0.29, 0.717) is 14.8 Å². The number of aryl methyl sites for hydroxylation is 1. The topological polar surface area (TPSA) is 101 Å². The predicted octanol–water partition coefficient (Wildman–Crippen LogP) is 3.65. The summed E-state index contributed by atoms with van der Waals surface area (Å²) >= 11 is 1.96. The van der Waals surface area contributed by atoms with Gasteiger partial charge in [0.05, 0.1) is 10.5 Å². The van der Waals surface area contributed by atoms with Crippen molar-refractivity contribution in [3.63, 3.8) is 0 Å². The van der Waals surface area contributed by atoms with Gasteiger partial charge in [-0.2, -0.15) is 0 Å². The molecule has 0 radical (unpaired) electrons. The Balaban J connectivity index is 1.83. The van der Waals surface area contributed by atoms with Gasteiger partial charge in [-0.1, -0.05) is 6.07 Å². The highest BCUT2D eigenvalue weighted by molar-refractivity contribution is 14.1. The van der Waals surface area contributed by atoms with Crippen molar-refractivity contribution in [3.05, 3.63) is 66.8 Å². The molecule has 1 fully saturated rings. The lowest BCUT2D eigenvalue weighted by Gasteiger charge is -2.12. The summed E-state index contributed by atoms with van der Waals surface area (Å²) in [6, 6.07) is 9.46. The molecule has 0 atom stereocenters. The molecule has 0 saturated heterocycles. The molecule has 2 amide bonds. The molecule has 3 rings (SSSR count). The number of hydrogen-bond donors (Lipinski definition) is 2. The fraction of sp³-hybridized carbons (Fsp3) is 0.222. The van der Waals surface area contributed by atoms with Crippen molar-refractivity contribution in [1.29, 1.82) is 0 Å². The van der Waals surface area contributed by atoms with Crippen molar-refractivity contribution in [2.75, 3.05) is 5.32 Å². The van der Waals surface area contributed by atoms with E-state index in [2.05, 4.69) is 10.6 Å². The largest absolute Gasteiger partial charge is 0.349 e. The Labute approximate surface area is 163 Å². The Bertz CT molecular complexity index is 909. The van der Waals surface area contributed by atoms with E-state index in [-0.39, 0.29) is 23.2 Å². The van der Waals surface area contributed by atoms with Gasteiger partial charge in [0.1, 0.15) is 0 Å². The molecule has 2 N–H and O–H groups in total. The molecule has 2 aromatic carbocycles. The van der Waals surface area contributed by atoms with Crippen LogP contribution in [0.2, 0.25) is 0 Å². The van der Waals surface area contributed by atoms with Crippen LogP contribution in [0.3, 0.4) is 0 Å². The zero-order chi connectivity index (χ0) is 18.8. The summed E-state index contributed by atoms with van der Waals surface area (Å²) in [6.07, 6.45) is 1.98. The van der Waals surface area contributed by atoms with Crippen LogP contribution in [-0.4, -0.2) is 22.8 Å². The second kappa shape index (κ2) is 7.40. The van der Waals surface area contributed by atoms with Gasteiger partial charge in [0, 0.05) is 33.0 Å². The maximum atomic E-state index is 12.6. The molecule has 134 valence electrons. The SMILES string of the molecule is Cc1ccc(C(=O)NC2CC2)cc1NC(=O)c1cc([N+](=O)[O-])ccc1I. The summed E-state index contributed by atoms with van der Waals surface area (Å²) in [5.41, 5.74) is 1.82. The summed E-state index contributed by atoms with van der Waals surface area (Å²) in [4.78, 5) is 35.2. The zero-order valence-electron chi connectivity index (χ0n) is 13.9. The molecule has 26 heavy (non-hydrogen) atoms. The van der Waals surface area contributed by atoms with Crippen LogP contribution in [-0.2, 0) is 0 Å². The quantitative estimate of drug-likeness (QED) is 0.400. The van der Waals surface area contributed by atoms with Crippen molar-refractivity contribution in [2.24, 2.45) is 0 Å². The minimum Gasteiger partial charge on any atom is -0.349 e. The van der Waals surface area contributed by atoms with E-state index in [9.17, 15) is 19.7 Å². The first-order valence-electron chi connectivity index (χ1n) is 8.02. The minimum absolute atomic E-state index is 0.148. The fourth-order valence-corrected chi connectivity index (χ4v) is 2.97. The van der Waals surface area contributed by atoms with Crippen LogP contribution >= 0.6 is 22.6 Å². The number of anilines is 1. The molecule has 0 aliphatic heterocycles. The minimum atomic E-state index is -0.541. The highest BCUT2D eigenvalue weighted by Crippen LogP contribution is 2.24. The van der Waals surface area contributed by atoms with Gasteiger partial charge in [0.2, 0.25) is 0 Å². The molecule has 7 nitrogen and oxygen atoms in total. The number of nitro groups is 1. The number of rotatable bonds is 5. The number of nitrogens with one attached hydrogen (secondary N) is 2. The van der Waals surface area contributed by atoms with Crippen molar-refractivity contribution in [2.45, 2.75) is 25.8 Å². The van der Waals surface area contributed by atoms with Gasteiger partial charge in [0.15, 0.2) is 0 Å². The van der Waals surface area contributed by atoms with Crippen molar-refractivity contribution < 1.29 is 14.5 Å². The number of carbonyl (C=O) groups is 2. The smallest absolute Gasteiger partial charge is 0.270 e. The standard InChI is InChI=1S/C18H16IN3O4/c1-10-2-3-11(17(23)20-12-4-5-12)8-16(10)21-18(24)14-9-13(22(25)26)6-7-15(14)19/h2-3,6-9,12H,4-5H2,1H3,(H,20,23)(H,21,24). The normalized spacial score (nSPS) is 13.2. The molecular formula is C18H16IN3O4. The predicted molar refractivity (Wildman–Crippen MR) is 105 cm³/mol. The third-order valence-corrected chi connectivity index (χ3v) is 5.01. The summed E-state index contributed by atoms with van der Waals surface area (Å²) in [7, 11) is 0. The average molecular weight is 465 g/mol. The van der Waals surface area contributed by atoms with Gasteiger partial charge < -0.3 is 10.6 Å². The number of nitrogens with zero attached hydrogens (tertiary/aromatic N) is 1. The lowest BCUT2D eigenvalue weighted by molar-refractivity contribution is -0.384. The molecule has 0 unspecified atom stereocenters. The van der Waals surface area contributed by atoms with E-state index in [1.807, 2.05) is 29.5 Å². The van der Waals surface area contributed by atoms with E-state index in [0.717, 1.165) is 18.4 Å². The summed E-state index contributed by atoms with van der Waals surface area (Å²) < 4.78 is 0.603. The van der Waals surface area contributed by atoms with Crippen molar-refractivity contribution in [1.82, 2.24) is 5.32 Å². The Hall–Kier alpha value is -2.49. The first-order chi connectivity index (χ1) is 12.3. The molecule has 0 heterocycles. The van der Waals surface area contributed by atoms with Gasteiger partial charge in [0.25, 0.3) is 17.5 Å². The molecule has 1 saturated carbocycles. The molecule has 0 spiro atoms. The Morgan fingerprint density at radius 2 is 1.88 bits per heavy atom. The summed E-state index contributed by atoms with van der Waals surface area (Å²) in [5, 5.41) is 16.6. The third kappa shape index (κ3) is 4.18. The van der Waals surface area contributed by atoms with Gasteiger partial charge in [-0.25, -0.2) is 0 Å². The second-order valence-corrected chi connectivity index (χ2v) is 7.32. The Morgan fingerprint density at radius 1 is 1.15 bits per heavy atom. The molecule has 1 aliphatic rings. The number of halogens is 1. The average Bonchev–Trinajstić information content (AvgIpc) is 3.40. The number of hydrogen-bond acceptors (Lipinski definition) is 4. The van der Waals surface area contributed by atoms with E-state index >= 15 is 0 Å². The van der Waals surface area contributed by atoms with Crippen LogP contribution in [0.4, 0.5) is 11.4 Å². The number of benzene rings is 2. The molecular weight excluding hydrogens is 449 g/mol. The molecule has 2 aromatic rings. The Morgan fingerprint density at radius 3 is 2.54 bits per heavy atom. The van der Waals surface area contributed by atoms with Gasteiger partial charge in [-0.15, -0.1) is 0 Å². The lowest BCUT2D eigenvalue weighted by Crippen LogP contribution is -2.25.